The molecule has 116 valence electrons. The van der Waals surface area contributed by atoms with Gasteiger partial charge in [0.25, 0.3) is 5.84 Å². The Hall–Kier alpha value is -3.09. The predicted molar refractivity (Wildman–Crippen MR) is 91.1 cm³/mol. The molecular weight excluding hydrogens is 305 g/mol. The van der Waals surface area contributed by atoms with Crippen LogP contribution in [0.1, 0.15) is 5.69 Å². The van der Waals surface area contributed by atoms with Crippen LogP contribution in [0, 0.1) is 5.82 Å². The van der Waals surface area contributed by atoms with E-state index in [9.17, 15) is 4.39 Å². The number of rotatable bonds is 2. The molecule has 0 spiro atoms. The molecule has 5 nitrogen and oxygen atoms in total. The number of quaternary nitrogens is 1. The summed E-state index contributed by atoms with van der Waals surface area (Å²) >= 11 is 0. The minimum Gasteiger partial charge on any atom is -0.349 e. The summed E-state index contributed by atoms with van der Waals surface area (Å²) < 4.78 is 13.4. The summed E-state index contributed by atoms with van der Waals surface area (Å²) in [5.74, 6) is 7.01. The van der Waals surface area contributed by atoms with E-state index in [1.807, 2.05) is 24.3 Å². The topological polar surface area (TPSA) is 66.5 Å². The van der Waals surface area contributed by atoms with Gasteiger partial charge in [0.1, 0.15) is 23.4 Å². The Morgan fingerprint density at radius 1 is 1.21 bits per heavy atom. The molecule has 0 amide bonds. The summed E-state index contributed by atoms with van der Waals surface area (Å²) in [5.41, 5.74) is 4.25. The second-order valence-electron chi connectivity index (χ2n) is 5.92. The molecule has 3 heterocycles. The molecule has 3 N–H and O–H groups in total. The maximum atomic E-state index is 13.5. The highest BCUT2D eigenvalue weighted by Crippen LogP contribution is 2.36. The minimum atomic E-state index is -0.271. The molecule has 1 unspecified atom stereocenters. The summed E-state index contributed by atoms with van der Waals surface area (Å²) in [4.78, 5) is 12.2. The van der Waals surface area contributed by atoms with E-state index in [-0.39, 0.29) is 10.4 Å². The maximum Gasteiger partial charge on any atom is 0.281 e. The molecule has 1 aliphatic carbocycles. The molecular formula is C18H13FN5+. The van der Waals surface area contributed by atoms with Crippen molar-refractivity contribution < 1.29 is 8.98 Å². The van der Waals surface area contributed by atoms with Gasteiger partial charge in [0.15, 0.2) is 0 Å². The van der Waals surface area contributed by atoms with Crippen LogP contribution in [0.15, 0.2) is 81.8 Å². The fraction of sp³-hybridized carbons (Fsp3) is 0. The number of fused-ring (bicyclic) bond motifs is 2. The Bertz CT molecular complexity index is 1080. The number of aliphatic imine (C=N–C) groups is 2. The number of hydrogen-bond acceptors (Lipinski definition) is 3. The van der Waals surface area contributed by atoms with Crippen LogP contribution >= 0.6 is 0 Å². The highest BCUT2D eigenvalue weighted by Gasteiger charge is 2.45. The molecule has 24 heavy (non-hydrogen) atoms. The Morgan fingerprint density at radius 2 is 2.08 bits per heavy atom. The first kappa shape index (κ1) is 13.4. The fourth-order valence-electron chi connectivity index (χ4n) is 3.15. The van der Waals surface area contributed by atoms with Crippen LogP contribution in [0.4, 0.5) is 4.39 Å². The highest BCUT2D eigenvalue weighted by molar-refractivity contribution is 6.03. The quantitative estimate of drug-likeness (QED) is 0.649. The minimum absolute atomic E-state index is 0.0562. The van der Waals surface area contributed by atoms with Crippen LogP contribution < -0.4 is 5.84 Å². The van der Waals surface area contributed by atoms with E-state index in [4.69, 9.17) is 10.8 Å². The van der Waals surface area contributed by atoms with Crippen molar-refractivity contribution in [2.24, 2.45) is 15.8 Å². The zero-order valence-corrected chi connectivity index (χ0v) is 12.6. The summed E-state index contributed by atoms with van der Waals surface area (Å²) in [7, 11) is 0. The first-order chi connectivity index (χ1) is 11.6. The van der Waals surface area contributed by atoms with Crippen molar-refractivity contribution in [3.8, 4) is 0 Å². The second kappa shape index (κ2) is 4.47. The van der Waals surface area contributed by atoms with Crippen molar-refractivity contribution in [1.82, 2.24) is 4.98 Å². The van der Waals surface area contributed by atoms with Crippen molar-refractivity contribution in [3.63, 3.8) is 0 Å². The Labute approximate surface area is 136 Å². The molecule has 3 aliphatic rings. The SMILES string of the molecule is N[N+]12C=CN=CC1=C(C1=CC=C1)N=C2c1cc2cc(F)ccc2[nH]1. The number of hydrogen-bond donors (Lipinski definition) is 2. The summed E-state index contributed by atoms with van der Waals surface area (Å²) in [5, 5.41) is 0.784. The van der Waals surface area contributed by atoms with Gasteiger partial charge in [0, 0.05) is 16.5 Å². The highest BCUT2D eigenvalue weighted by atomic mass is 19.1. The van der Waals surface area contributed by atoms with Gasteiger partial charge in [0.2, 0.25) is 5.70 Å². The molecule has 5 rings (SSSR count). The normalized spacial score (nSPS) is 24.2. The van der Waals surface area contributed by atoms with E-state index in [0.717, 1.165) is 33.6 Å². The first-order valence-electron chi connectivity index (χ1n) is 7.55. The van der Waals surface area contributed by atoms with Gasteiger partial charge in [-0.2, -0.15) is 10.8 Å². The molecule has 1 aromatic carbocycles. The molecule has 6 heteroatoms. The van der Waals surface area contributed by atoms with Gasteiger partial charge >= 0.3 is 0 Å². The molecule has 1 atom stereocenters. The third-order valence-corrected chi connectivity index (χ3v) is 4.44. The maximum absolute atomic E-state index is 13.5. The number of H-pyrrole nitrogens is 1. The summed E-state index contributed by atoms with van der Waals surface area (Å²) in [6, 6.07) is 6.50. The Morgan fingerprint density at radius 3 is 2.88 bits per heavy atom. The van der Waals surface area contributed by atoms with Crippen molar-refractivity contribution in [2.75, 3.05) is 0 Å². The second-order valence-corrected chi connectivity index (χ2v) is 5.92. The largest absolute Gasteiger partial charge is 0.349 e. The average Bonchev–Trinajstić information content (AvgIpc) is 3.04. The molecule has 2 aliphatic heterocycles. The third kappa shape index (κ3) is 1.69. The van der Waals surface area contributed by atoms with Gasteiger partial charge in [-0.25, -0.2) is 4.39 Å². The van der Waals surface area contributed by atoms with E-state index in [1.165, 1.54) is 12.1 Å². The van der Waals surface area contributed by atoms with E-state index in [0.29, 0.717) is 5.84 Å². The van der Waals surface area contributed by atoms with Gasteiger partial charge in [0.05, 0.1) is 12.4 Å². The third-order valence-electron chi connectivity index (χ3n) is 4.44. The van der Waals surface area contributed by atoms with Gasteiger partial charge in [-0.05, 0) is 24.3 Å². The van der Waals surface area contributed by atoms with Crippen molar-refractivity contribution in [3.05, 3.63) is 83.4 Å². The van der Waals surface area contributed by atoms with Crippen molar-refractivity contribution in [2.45, 2.75) is 0 Å². The van der Waals surface area contributed by atoms with Crippen LogP contribution in [-0.4, -0.2) is 21.6 Å². The molecule has 0 saturated carbocycles. The molecule has 2 aromatic rings. The van der Waals surface area contributed by atoms with E-state index >= 15 is 0 Å². The number of amidine groups is 1. The van der Waals surface area contributed by atoms with Crippen LogP contribution in [0.5, 0.6) is 0 Å². The van der Waals surface area contributed by atoms with E-state index < -0.39 is 0 Å². The van der Waals surface area contributed by atoms with E-state index in [2.05, 4.69) is 9.98 Å². The number of nitrogens with two attached hydrogens (primary N) is 1. The van der Waals surface area contributed by atoms with Gasteiger partial charge in [-0.3, -0.25) is 4.99 Å². The zero-order valence-electron chi connectivity index (χ0n) is 12.6. The lowest BCUT2D eigenvalue weighted by molar-refractivity contribution is -0.750. The predicted octanol–water partition coefficient (Wildman–Crippen LogP) is 3.02. The molecule has 0 saturated heterocycles. The summed E-state index contributed by atoms with van der Waals surface area (Å²) in [6.45, 7) is 0. The molecule has 0 bridgehead atoms. The molecule has 0 radical (unpaired) electrons. The first-order valence-corrected chi connectivity index (χ1v) is 7.55. The Kier molecular flexibility index (Phi) is 2.49. The van der Waals surface area contributed by atoms with Crippen LogP contribution in [0.2, 0.25) is 0 Å². The van der Waals surface area contributed by atoms with Crippen LogP contribution in [0.25, 0.3) is 10.9 Å². The Balaban J connectivity index is 1.70. The molecule has 0 fully saturated rings. The number of nitrogens with one attached hydrogen (secondary N) is 1. The monoisotopic (exact) mass is 318 g/mol. The summed E-state index contributed by atoms with van der Waals surface area (Å²) in [6.07, 6.45) is 11.1. The standard InChI is InChI=1S/C18H13FN5/c19-13-4-5-14-12(8-13)9-15(22-14)18-23-17(11-2-1-3-11)16-10-21-6-7-24(16,18)20/h1-10,22H,20H2/q+1. The van der Waals surface area contributed by atoms with Gasteiger partial charge < -0.3 is 4.98 Å². The van der Waals surface area contributed by atoms with Crippen molar-refractivity contribution >= 4 is 23.0 Å². The van der Waals surface area contributed by atoms with Gasteiger partial charge in [-0.15, -0.1) is 4.59 Å². The number of allylic oxidation sites excluding steroid dienone is 4. The number of nitrogens with zero attached hydrogens (tertiary/aromatic N) is 3. The van der Waals surface area contributed by atoms with Gasteiger partial charge in [-0.1, -0.05) is 18.2 Å². The lowest BCUT2D eigenvalue weighted by Crippen LogP contribution is -2.53. The van der Waals surface area contributed by atoms with Crippen LogP contribution in [0.3, 0.4) is 0 Å². The lowest BCUT2D eigenvalue weighted by atomic mass is 10.0. The number of benzene rings is 1. The average molecular weight is 318 g/mol. The lowest BCUT2D eigenvalue weighted by Gasteiger charge is -2.25. The van der Waals surface area contributed by atoms with Crippen LogP contribution in [-0.2, 0) is 0 Å². The number of aromatic amines is 1. The smallest absolute Gasteiger partial charge is 0.281 e. The van der Waals surface area contributed by atoms with E-state index in [1.54, 1.807) is 24.7 Å². The zero-order chi connectivity index (χ0) is 16.3. The fourth-order valence-corrected chi connectivity index (χ4v) is 3.15. The molecule has 1 aromatic heterocycles. The number of aromatic nitrogens is 1. The van der Waals surface area contributed by atoms with Crippen molar-refractivity contribution in [1.29, 1.82) is 0 Å². The number of halogens is 1.